The summed E-state index contributed by atoms with van der Waals surface area (Å²) in [5.74, 6) is 0.973. The van der Waals surface area contributed by atoms with Crippen LogP contribution in [0.4, 0.5) is 0 Å². The van der Waals surface area contributed by atoms with Crippen molar-refractivity contribution in [2.24, 2.45) is 0 Å². The lowest BCUT2D eigenvalue weighted by molar-refractivity contribution is 0.430. The van der Waals surface area contributed by atoms with E-state index in [-0.39, 0.29) is 6.04 Å². The molecule has 3 nitrogen and oxygen atoms in total. The molecule has 1 unspecified atom stereocenters. The monoisotopic (exact) mass is 208 g/mol. The fourth-order valence-electron chi connectivity index (χ4n) is 1.38. The van der Waals surface area contributed by atoms with E-state index in [4.69, 9.17) is 4.42 Å². The second kappa shape index (κ2) is 4.39. The Balaban J connectivity index is 2.08. The number of likely N-dealkylation sites (N-methyl/N-ethyl adjacent to an activating group) is 1. The van der Waals surface area contributed by atoms with Crippen molar-refractivity contribution in [1.29, 1.82) is 0 Å². The van der Waals surface area contributed by atoms with Gasteiger partial charge in [-0.3, -0.25) is 4.98 Å². The normalized spacial score (nSPS) is 12.9. The molecular formula is C10H12N2OS. The highest BCUT2D eigenvalue weighted by molar-refractivity contribution is 7.09. The van der Waals surface area contributed by atoms with Gasteiger partial charge in [-0.2, -0.15) is 0 Å². The first-order valence-electron chi connectivity index (χ1n) is 4.48. The Hall–Kier alpha value is -1.13. The molecule has 2 heterocycles. The first-order valence-corrected chi connectivity index (χ1v) is 5.36. The van der Waals surface area contributed by atoms with E-state index in [1.807, 2.05) is 30.9 Å². The van der Waals surface area contributed by atoms with Gasteiger partial charge in [0.25, 0.3) is 0 Å². The average Bonchev–Trinajstić information content (AvgIpc) is 2.86. The van der Waals surface area contributed by atoms with Gasteiger partial charge < -0.3 is 9.73 Å². The van der Waals surface area contributed by atoms with E-state index >= 15 is 0 Å². The highest BCUT2D eigenvalue weighted by Crippen LogP contribution is 2.20. The smallest absolute Gasteiger partial charge is 0.121 e. The maximum absolute atomic E-state index is 5.36. The van der Waals surface area contributed by atoms with Crippen molar-refractivity contribution in [2.75, 3.05) is 7.05 Å². The molecule has 0 bridgehead atoms. The molecule has 2 rings (SSSR count). The van der Waals surface area contributed by atoms with E-state index in [2.05, 4.69) is 10.3 Å². The van der Waals surface area contributed by atoms with Gasteiger partial charge in [-0.25, -0.2) is 0 Å². The third kappa shape index (κ3) is 2.02. The minimum Gasteiger partial charge on any atom is -0.468 e. The molecule has 0 aliphatic heterocycles. The third-order valence-corrected chi connectivity index (χ3v) is 2.93. The molecule has 0 radical (unpaired) electrons. The number of nitrogens with one attached hydrogen (secondary N) is 1. The number of aromatic nitrogens is 1. The molecule has 1 atom stereocenters. The zero-order valence-corrected chi connectivity index (χ0v) is 8.75. The molecule has 0 aliphatic carbocycles. The molecule has 74 valence electrons. The summed E-state index contributed by atoms with van der Waals surface area (Å²) in [5, 5.41) is 3.23. The fraction of sp³-hybridized carbons (Fsp3) is 0.300. The number of nitrogens with zero attached hydrogens (tertiary/aromatic N) is 1. The first kappa shape index (κ1) is 9.43. The second-order valence-electron chi connectivity index (χ2n) is 3.03. The predicted octanol–water partition coefficient (Wildman–Crippen LogP) is 2.24. The Labute approximate surface area is 86.8 Å². The number of furan rings is 1. The van der Waals surface area contributed by atoms with Crippen LogP contribution in [0.5, 0.6) is 0 Å². The molecular weight excluding hydrogens is 196 g/mol. The van der Waals surface area contributed by atoms with Gasteiger partial charge in [0.2, 0.25) is 0 Å². The summed E-state index contributed by atoms with van der Waals surface area (Å²) >= 11 is 1.67. The fourth-order valence-corrected chi connectivity index (χ4v) is 2.02. The summed E-state index contributed by atoms with van der Waals surface area (Å²) in [6.45, 7) is 0. The molecule has 0 spiro atoms. The van der Waals surface area contributed by atoms with Crippen molar-refractivity contribution in [3.63, 3.8) is 0 Å². The van der Waals surface area contributed by atoms with Crippen molar-refractivity contribution in [1.82, 2.24) is 10.3 Å². The average molecular weight is 208 g/mol. The van der Waals surface area contributed by atoms with Crippen LogP contribution in [-0.4, -0.2) is 12.0 Å². The van der Waals surface area contributed by atoms with Gasteiger partial charge >= 0.3 is 0 Å². The molecule has 0 amide bonds. The van der Waals surface area contributed by atoms with Crippen LogP contribution in [0.2, 0.25) is 0 Å². The van der Waals surface area contributed by atoms with Crippen LogP contribution >= 0.6 is 11.3 Å². The van der Waals surface area contributed by atoms with E-state index in [0.29, 0.717) is 0 Å². The molecule has 0 aliphatic rings. The lowest BCUT2D eigenvalue weighted by Gasteiger charge is -2.11. The van der Waals surface area contributed by atoms with Crippen LogP contribution in [0.15, 0.2) is 34.5 Å². The maximum atomic E-state index is 5.36. The van der Waals surface area contributed by atoms with E-state index < -0.39 is 0 Å². The number of hydrogen-bond acceptors (Lipinski definition) is 4. The van der Waals surface area contributed by atoms with Crippen LogP contribution in [0.1, 0.15) is 16.7 Å². The molecule has 0 aromatic carbocycles. The largest absolute Gasteiger partial charge is 0.468 e. The Morgan fingerprint density at radius 2 is 2.57 bits per heavy atom. The Bertz CT molecular complexity index is 355. The number of rotatable bonds is 4. The lowest BCUT2D eigenvalue weighted by atomic mass is 10.1. The van der Waals surface area contributed by atoms with Crippen LogP contribution in [-0.2, 0) is 6.42 Å². The standard InChI is InChI=1S/C10H12N2OS/c1-11-9(10-3-2-4-13-10)5-8-6-12-7-14-8/h2-4,6-7,9,11H,5H2,1H3. The number of thiazole rings is 1. The van der Waals surface area contributed by atoms with Crippen molar-refractivity contribution < 1.29 is 4.42 Å². The Kier molecular flexibility index (Phi) is 2.96. The highest BCUT2D eigenvalue weighted by Gasteiger charge is 2.13. The summed E-state index contributed by atoms with van der Waals surface area (Å²) in [4.78, 5) is 5.32. The van der Waals surface area contributed by atoms with Gasteiger partial charge in [0.05, 0.1) is 17.8 Å². The minimum atomic E-state index is 0.241. The van der Waals surface area contributed by atoms with Gasteiger partial charge in [0, 0.05) is 17.5 Å². The SMILES string of the molecule is CNC(Cc1cncs1)c1ccco1. The van der Waals surface area contributed by atoms with Crippen molar-refractivity contribution in [2.45, 2.75) is 12.5 Å². The van der Waals surface area contributed by atoms with Gasteiger partial charge in [0.1, 0.15) is 5.76 Å². The van der Waals surface area contributed by atoms with Crippen LogP contribution in [0, 0.1) is 0 Å². The predicted molar refractivity (Wildman–Crippen MR) is 56.3 cm³/mol. The Morgan fingerprint density at radius 3 is 3.14 bits per heavy atom. The zero-order chi connectivity index (χ0) is 9.80. The van der Waals surface area contributed by atoms with Gasteiger partial charge in [-0.15, -0.1) is 11.3 Å². The van der Waals surface area contributed by atoms with Gasteiger partial charge in [-0.05, 0) is 19.2 Å². The van der Waals surface area contributed by atoms with Crippen molar-refractivity contribution in [3.05, 3.63) is 40.7 Å². The zero-order valence-electron chi connectivity index (χ0n) is 7.93. The molecule has 1 N–H and O–H groups in total. The summed E-state index contributed by atoms with van der Waals surface area (Å²) in [6, 6.07) is 4.14. The summed E-state index contributed by atoms with van der Waals surface area (Å²) < 4.78 is 5.36. The van der Waals surface area contributed by atoms with Crippen molar-refractivity contribution >= 4 is 11.3 Å². The van der Waals surface area contributed by atoms with Gasteiger partial charge in [0.15, 0.2) is 0 Å². The van der Waals surface area contributed by atoms with E-state index in [0.717, 1.165) is 12.2 Å². The number of hydrogen-bond donors (Lipinski definition) is 1. The molecule has 2 aromatic heterocycles. The summed E-state index contributed by atoms with van der Waals surface area (Å²) in [5.41, 5.74) is 1.85. The minimum absolute atomic E-state index is 0.241. The third-order valence-electron chi connectivity index (χ3n) is 2.12. The van der Waals surface area contributed by atoms with E-state index in [1.165, 1.54) is 4.88 Å². The van der Waals surface area contributed by atoms with Crippen molar-refractivity contribution in [3.8, 4) is 0 Å². The first-order chi connectivity index (χ1) is 6.90. The topological polar surface area (TPSA) is 38.1 Å². The molecule has 14 heavy (non-hydrogen) atoms. The summed E-state index contributed by atoms with van der Waals surface area (Å²) in [6.07, 6.45) is 4.53. The van der Waals surface area contributed by atoms with Crippen LogP contribution < -0.4 is 5.32 Å². The maximum Gasteiger partial charge on any atom is 0.121 e. The summed E-state index contributed by atoms with van der Waals surface area (Å²) in [7, 11) is 1.94. The second-order valence-corrected chi connectivity index (χ2v) is 4.00. The molecule has 0 saturated carbocycles. The van der Waals surface area contributed by atoms with Crippen LogP contribution in [0.3, 0.4) is 0 Å². The molecule has 0 fully saturated rings. The highest BCUT2D eigenvalue weighted by atomic mass is 32.1. The molecule has 4 heteroatoms. The molecule has 2 aromatic rings. The quantitative estimate of drug-likeness (QED) is 0.837. The van der Waals surface area contributed by atoms with Crippen LogP contribution in [0.25, 0.3) is 0 Å². The van der Waals surface area contributed by atoms with E-state index in [1.54, 1.807) is 17.6 Å². The van der Waals surface area contributed by atoms with E-state index in [9.17, 15) is 0 Å². The molecule has 0 saturated heterocycles. The Morgan fingerprint density at radius 1 is 1.64 bits per heavy atom. The van der Waals surface area contributed by atoms with Gasteiger partial charge in [-0.1, -0.05) is 0 Å². The lowest BCUT2D eigenvalue weighted by Crippen LogP contribution is -2.17.